The minimum atomic E-state index is -1.39. The summed E-state index contributed by atoms with van der Waals surface area (Å²) in [6.45, 7) is 1.33. The maximum Gasteiger partial charge on any atom is 0.186 e. The Morgan fingerprint density at radius 3 is 2.92 bits per heavy atom. The number of hydrogen-bond acceptors (Lipinski definition) is 4. The molecule has 12 heavy (non-hydrogen) atoms. The van der Waals surface area contributed by atoms with Crippen LogP contribution in [0.1, 0.15) is 13.3 Å². The Morgan fingerprint density at radius 1 is 1.75 bits per heavy atom. The average molecular weight is 172 g/mol. The van der Waals surface area contributed by atoms with Crippen LogP contribution in [-0.2, 0) is 9.53 Å². The molecule has 2 atom stereocenters. The third-order valence-electron chi connectivity index (χ3n) is 1.84. The number of hydrogen-bond donors (Lipinski definition) is 2. The van der Waals surface area contributed by atoms with Gasteiger partial charge in [-0.15, -0.1) is 0 Å². The first kappa shape index (κ1) is 9.38. The van der Waals surface area contributed by atoms with E-state index in [0.29, 0.717) is 6.42 Å². The third kappa shape index (κ3) is 1.72. The van der Waals surface area contributed by atoms with Crippen LogP contribution in [0.25, 0.3) is 0 Å². The van der Waals surface area contributed by atoms with E-state index >= 15 is 0 Å². The molecule has 1 rings (SSSR count). The summed E-state index contributed by atoms with van der Waals surface area (Å²) in [5.41, 5.74) is 0. The van der Waals surface area contributed by atoms with Gasteiger partial charge < -0.3 is 14.9 Å². The summed E-state index contributed by atoms with van der Waals surface area (Å²) in [5.74, 6) is -1.70. The van der Waals surface area contributed by atoms with Gasteiger partial charge in [0.05, 0.1) is 6.61 Å². The molecule has 4 heteroatoms. The van der Waals surface area contributed by atoms with E-state index in [0.717, 1.165) is 0 Å². The highest BCUT2D eigenvalue weighted by molar-refractivity contribution is 5.94. The molecule has 0 saturated carbocycles. The Kier molecular flexibility index (Phi) is 2.62. The third-order valence-corrected chi connectivity index (χ3v) is 1.84. The molecule has 68 valence electrons. The standard InChI is InChI=1S/C8H12O4/c1-2-8(11)4-3-6(10)7(5-9)12-8/h3-4,7,9,11H,2,5H2,1H3/t7-,8?/m1/s1. The van der Waals surface area contributed by atoms with Gasteiger partial charge in [0, 0.05) is 6.42 Å². The summed E-state index contributed by atoms with van der Waals surface area (Å²) in [6.07, 6.45) is 1.99. The van der Waals surface area contributed by atoms with Crippen molar-refractivity contribution in [2.75, 3.05) is 6.61 Å². The highest BCUT2D eigenvalue weighted by Crippen LogP contribution is 2.21. The molecule has 4 nitrogen and oxygen atoms in total. The van der Waals surface area contributed by atoms with Gasteiger partial charge in [-0.1, -0.05) is 6.92 Å². The van der Waals surface area contributed by atoms with Gasteiger partial charge in [0.25, 0.3) is 0 Å². The summed E-state index contributed by atoms with van der Waals surface area (Å²) in [7, 11) is 0. The maximum absolute atomic E-state index is 10.9. The van der Waals surface area contributed by atoms with Crippen molar-refractivity contribution in [2.24, 2.45) is 0 Å². The maximum atomic E-state index is 10.9. The van der Waals surface area contributed by atoms with Crippen molar-refractivity contribution in [3.63, 3.8) is 0 Å². The quantitative estimate of drug-likeness (QED) is 0.595. The first-order valence-electron chi connectivity index (χ1n) is 3.85. The molecule has 0 saturated heterocycles. The molecule has 2 N–H and O–H groups in total. The second kappa shape index (κ2) is 3.35. The lowest BCUT2D eigenvalue weighted by Crippen LogP contribution is -2.42. The first-order valence-corrected chi connectivity index (χ1v) is 3.85. The van der Waals surface area contributed by atoms with Crippen LogP contribution < -0.4 is 0 Å². The van der Waals surface area contributed by atoms with E-state index in [1.807, 2.05) is 0 Å². The summed E-state index contributed by atoms with van der Waals surface area (Å²) < 4.78 is 4.95. The van der Waals surface area contributed by atoms with Gasteiger partial charge in [0.15, 0.2) is 11.6 Å². The minimum absolute atomic E-state index is 0.310. The van der Waals surface area contributed by atoms with E-state index < -0.39 is 18.5 Å². The van der Waals surface area contributed by atoms with Crippen molar-refractivity contribution in [3.8, 4) is 0 Å². The zero-order valence-electron chi connectivity index (χ0n) is 6.86. The smallest absolute Gasteiger partial charge is 0.186 e. The van der Waals surface area contributed by atoms with Gasteiger partial charge in [-0.05, 0) is 12.2 Å². The molecule has 0 aromatic rings. The van der Waals surface area contributed by atoms with Crippen molar-refractivity contribution in [1.82, 2.24) is 0 Å². The number of carbonyl (C=O) groups is 1. The Balaban J connectivity index is 2.77. The number of ether oxygens (including phenoxy) is 1. The van der Waals surface area contributed by atoms with Crippen molar-refractivity contribution in [2.45, 2.75) is 25.2 Å². The van der Waals surface area contributed by atoms with Gasteiger partial charge in [0.2, 0.25) is 0 Å². The Labute approximate surface area is 70.5 Å². The molecule has 0 spiro atoms. The van der Waals surface area contributed by atoms with Crippen LogP contribution in [0.5, 0.6) is 0 Å². The number of aliphatic hydroxyl groups excluding tert-OH is 1. The summed E-state index contributed by atoms with van der Waals surface area (Å²) in [5, 5.41) is 18.2. The van der Waals surface area contributed by atoms with Crippen LogP contribution in [-0.4, -0.2) is 34.5 Å². The predicted molar refractivity (Wildman–Crippen MR) is 41.3 cm³/mol. The lowest BCUT2D eigenvalue weighted by Gasteiger charge is -2.30. The molecular weight excluding hydrogens is 160 g/mol. The second-order valence-electron chi connectivity index (χ2n) is 2.72. The zero-order chi connectivity index (χ0) is 9.19. The van der Waals surface area contributed by atoms with Gasteiger partial charge in [-0.3, -0.25) is 4.79 Å². The fourth-order valence-corrected chi connectivity index (χ4v) is 0.992. The van der Waals surface area contributed by atoms with Gasteiger partial charge in [-0.25, -0.2) is 0 Å². The highest BCUT2D eigenvalue weighted by atomic mass is 16.6. The molecule has 1 aliphatic heterocycles. The van der Waals surface area contributed by atoms with Crippen molar-refractivity contribution < 1.29 is 19.7 Å². The number of ketones is 1. The van der Waals surface area contributed by atoms with Gasteiger partial charge >= 0.3 is 0 Å². The van der Waals surface area contributed by atoms with E-state index in [9.17, 15) is 9.90 Å². The summed E-state index contributed by atoms with van der Waals surface area (Å²) in [4.78, 5) is 10.9. The van der Waals surface area contributed by atoms with E-state index in [1.54, 1.807) is 6.92 Å². The fourth-order valence-electron chi connectivity index (χ4n) is 0.992. The van der Waals surface area contributed by atoms with Crippen LogP contribution in [0, 0.1) is 0 Å². The van der Waals surface area contributed by atoms with Crippen molar-refractivity contribution >= 4 is 5.78 Å². The van der Waals surface area contributed by atoms with E-state index in [1.165, 1.54) is 12.2 Å². The molecule has 0 aromatic carbocycles. The molecular formula is C8H12O4. The average Bonchev–Trinajstić information content (AvgIpc) is 2.10. The second-order valence-corrected chi connectivity index (χ2v) is 2.72. The monoisotopic (exact) mass is 172 g/mol. The normalized spacial score (nSPS) is 35.6. The van der Waals surface area contributed by atoms with Crippen LogP contribution in [0.2, 0.25) is 0 Å². The molecule has 1 unspecified atom stereocenters. The largest absolute Gasteiger partial charge is 0.393 e. The molecule has 0 amide bonds. The SMILES string of the molecule is CCC1(O)C=CC(=O)[C@@H](CO)O1. The lowest BCUT2D eigenvalue weighted by molar-refractivity contribution is -0.209. The van der Waals surface area contributed by atoms with E-state index in [2.05, 4.69) is 0 Å². The van der Waals surface area contributed by atoms with E-state index in [4.69, 9.17) is 9.84 Å². The molecule has 0 radical (unpaired) electrons. The number of aliphatic hydroxyl groups is 2. The number of rotatable bonds is 2. The zero-order valence-corrected chi connectivity index (χ0v) is 6.86. The summed E-state index contributed by atoms with van der Waals surface area (Å²) in [6, 6.07) is 0. The predicted octanol–water partition coefficient (Wildman–Crippen LogP) is -0.399. The molecule has 0 aliphatic carbocycles. The van der Waals surface area contributed by atoms with Crippen LogP contribution in [0.4, 0.5) is 0 Å². The van der Waals surface area contributed by atoms with Gasteiger partial charge in [0.1, 0.15) is 6.10 Å². The van der Waals surface area contributed by atoms with Crippen molar-refractivity contribution in [1.29, 1.82) is 0 Å². The summed E-state index contributed by atoms with van der Waals surface area (Å²) >= 11 is 0. The molecule has 1 heterocycles. The van der Waals surface area contributed by atoms with Crippen LogP contribution in [0.15, 0.2) is 12.2 Å². The minimum Gasteiger partial charge on any atom is -0.393 e. The Morgan fingerprint density at radius 2 is 2.42 bits per heavy atom. The fraction of sp³-hybridized carbons (Fsp3) is 0.625. The first-order chi connectivity index (χ1) is 5.61. The molecule has 0 fully saturated rings. The topological polar surface area (TPSA) is 66.8 Å². The Hall–Kier alpha value is -0.710. The van der Waals surface area contributed by atoms with E-state index in [-0.39, 0.29) is 5.78 Å². The lowest BCUT2D eigenvalue weighted by atomic mass is 10.1. The highest BCUT2D eigenvalue weighted by Gasteiger charge is 2.33. The van der Waals surface area contributed by atoms with Crippen molar-refractivity contribution in [3.05, 3.63) is 12.2 Å². The van der Waals surface area contributed by atoms with Crippen LogP contribution in [0.3, 0.4) is 0 Å². The Bertz CT molecular complexity index is 211. The number of carbonyl (C=O) groups excluding carboxylic acids is 1. The molecule has 1 aliphatic rings. The van der Waals surface area contributed by atoms with Crippen LogP contribution >= 0.6 is 0 Å². The molecule has 0 bridgehead atoms. The van der Waals surface area contributed by atoms with Gasteiger partial charge in [-0.2, -0.15) is 0 Å². The molecule has 0 aromatic heterocycles.